The molecule has 0 aliphatic heterocycles. The smallest absolute Gasteiger partial charge is 0.119 e. The summed E-state index contributed by atoms with van der Waals surface area (Å²) < 4.78 is 5.22. The highest BCUT2D eigenvalue weighted by atomic mass is 35.5. The van der Waals surface area contributed by atoms with Crippen LogP contribution >= 0.6 is 11.6 Å². The van der Waals surface area contributed by atoms with E-state index in [2.05, 4.69) is 11.1 Å². The largest absolute Gasteiger partial charge is 0.497 e. The Hall–Kier alpha value is -1.67. The fourth-order valence-electron chi connectivity index (χ4n) is 1.99. The zero-order valence-electron chi connectivity index (χ0n) is 8.75. The van der Waals surface area contributed by atoms with E-state index in [-0.39, 0.29) is 0 Å². The zero-order chi connectivity index (χ0) is 11.1. The van der Waals surface area contributed by atoms with Crippen molar-refractivity contribution in [3.05, 3.63) is 41.4 Å². The van der Waals surface area contributed by atoms with Crippen molar-refractivity contribution in [2.45, 2.75) is 0 Å². The first-order valence-electron chi connectivity index (χ1n) is 5.03. The standard InChI is InChI=1S/C13H10ClNO/c1-16-8-5-6-12-10(7-8)9-3-2-4-11(14)13(9)15-12/h2-7,15H,1H3. The first-order valence-corrected chi connectivity index (χ1v) is 5.41. The van der Waals surface area contributed by atoms with Gasteiger partial charge < -0.3 is 9.72 Å². The molecular weight excluding hydrogens is 222 g/mol. The van der Waals surface area contributed by atoms with E-state index < -0.39 is 0 Å². The summed E-state index contributed by atoms with van der Waals surface area (Å²) in [5, 5.41) is 3.01. The minimum atomic E-state index is 0.743. The van der Waals surface area contributed by atoms with Gasteiger partial charge in [0.15, 0.2) is 0 Å². The molecule has 1 aromatic heterocycles. The third kappa shape index (κ3) is 1.27. The van der Waals surface area contributed by atoms with E-state index in [0.717, 1.165) is 32.6 Å². The van der Waals surface area contributed by atoms with Crippen LogP contribution in [0.15, 0.2) is 36.4 Å². The molecule has 3 aromatic rings. The van der Waals surface area contributed by atoms with Crippen LogP contribution in [0, 0.1) is 0 Å². The summed E-state index contributed by atoms with van der Waals surface area (Å²) >= 11 is 6.14. The van der Waals surface area contributed by atoms with Crippen molar-refractivity contribution < 1.29 is 4.74 Å². The molecule has 0 aliphatic carbocycles. The number of aromatic nitrogens is 1. The van der Waals surface area contributed by atoms with Crippen molar-refractivity contribution in [2.24, 2.45) is 0 Å². The van der Waals surface area contributed by atoms with Crippen LogP contribution < -0.4 is 4.74 Å². The van der Waals surface area contributed by atoms with E-state index in [1.54, 1.807) is 7.11 Å². The Morgan fingerprint density at radius 3 is 2.81 bits per heavy atom. The molecule has 3 rings (SSSR count). The summed E-state index contributed by atoms with van der Waals surface area (Å²) in [5.41, 5.74) is 2.05. The number of halogens is 1. The second-order valence-corrected chi connectivity index (χ2v) is 4.11. The second-order valence-electron chi connectivity index (χ2n) is 3.70. The predicted molar refractivity (Wildman–Crippen MR) is 67.4 cm³/mol. The van der Waals surface area contributed by atoms with Crippen LogP contribution in [0.5, 0.6) is 5.75 Å². The van der Waals surface area contributed by atoms with Crippen molar-refractivity contribution in [3.63, 3.8) is 0 Å². The summed E-state index contributed by atoms with van der Waals surface area (Å²) in [5.74, 6) is 0.855. The number of rotatable bonds is 1. The van der Waals surface area contributed by atoms with Crippen LogP contribution in [0.4, 0.5) is 0 Å². The number of ether oxygens (including phenoxy) is 1. The maximum atomic E-state index is 6.14. The molecule has 0 saturated heterocycles. The maximum Gasteiger partial charge on any atom is 0.119 e. The van der Waals surface area contributed by atoms with E-state index in [9.17, 15) is 0 Å². The lowest BCUT2D eigenvalue weighted by molar-refractivity contribution is 0.415. The van der Waals surface area contributed by atoms with Gasteiger partial charge in [-0.25, -0.2) is 0 Å². The molecule has 0 aliphatic rings. The van der Waals surface area contributed by atoms with Crippen LogP contribution in [-0.4, -0.2) is 12.1 Å². The van der Waals surface area contributed by atoms with E-state index in [1.165, 1.54) is 0 Å². The Labute approximate surface area is 97.8 Å². The molecule has 1 N–H and O–H groups in total. The van der Waals surface area contributed by atoms with Gasteiger partial charge in [-0.05, 0) is 24.3 Å². The lowest BCUT2D eigenvalue weighted by atomic mass is 10.1. The van der Waals surface area contributed by atoms with Gasteiger partial charge in [-0.3, -0.25) is 0 Å². The summed E-state index contributed by atoms with van der Waals surface area (Å²) in [4.78, 5) is 3.31. The fourth-order valence-corrected chi connectivity index (χ4v) is 2.21. The molecule has 2 aromatic carbocycles. The molecule has 0 radical (unpaired) electrons. The fraction of sp³-hybridized carbons (Fsp3) is 0.0769. The minimum absolute atomic E-state index is 0.743. The molecule has 16 heavy (non-hydrogen) atoms. The number of benzene rings is 2. The number of hydrogen-bond acceptors (Lipinski definition) is 1. The van der Waals surface area contributed by atoms with Gasteiger partial charge in [0.25, 0.3) is 0 Å². The summed E-state index contributed by atoms with van der Waals surface area (Å²) in [6.07, 6.45) is 0. The van der Waals surface area contributed by atoms with Crippen LogP contribution in [0.2, 0.25) is 5.02 Å². The Balaban J connectivity index is 2.47. The molecule has 1 heterocycles. The molecule has 0 unspecified atom stereocenters. The first-order chi connectivity index (χ1) is 7.79. The average molecular weight is 232 g/mol. The molecular formula is C13H10ClNO. The van der Waals surface area contributed by atoms with Gasteiger partial charge in [-0.1, -0.05) is 23.7 Å². The van der Waals surface area contributed by atoms with Gasteiger partial charge in [0, 0.05) is 16.3 Å². The monoisotopic (exact) mass is 231 g/mol. The number of methoxy groups -OCH3 is 1. The molecule has 3 heteroatoms. The Morgan fingerprint density at radius 2 is 2.00 bits per heavy atom. The molecule has 0 spiro atoms. The third-order valence-electron chi connectivity index (χ3n) is 2.79. The normalized spacial score (nSPS) is 11.1. The third-order valence-corrected chi connectivity index (χ3v) is 3.11. The second kappa shape index (κ2) is 3.42. The van der Waals surface area contributed by atoms with Crippen LogP contribution in [0.1, 0.15) is 0 Å². The molecule has 0 fully saturated rings. The Morgan fingerprint density at radius 1 is 1.12 bits per heavy atom. The number of fused-ring (bicyclic) bond motifs is 3. The molecule has 0 saturated carbocycles. The van der Waals surface area contributed by atoms with E-state index in [4.69, 9.17) is 16.3 Å². The number of hydrogen-bond donors (Lipinski definition) is 1. The van der Waals surface area contributed by atoms with Crippen LogP contribution in [0.25, 0.3) is 21.8 Å². The highest BCUT2D eigenvalue weighted by Crippen LogP contribution is 2.31. The van der Waals surface area contributed by atoms with Gasteiger partial charge in [0.1, 0.15) is 5.75 Å². The van der Waals surface area contributed by atoms with Crippen molar-refractivity contribution >= 4 is 33.4 Å². The lowest BCUT2D eigenvalue weighted by Gasteiger charge is -1.98. The van der Waals surface area contributed by atoms with Crippen LogP contribution in [-0.2, 0) is 0 Å². The van der Waals surface area contributed by atoms with Gasteiger partial charge in [0.2, 0.25) is 0 Å². The van der Waals surface area contributed by atoms with Gasteiger partial charge in [-0.2, -0.15) is 0 Å². The maximum absolute atomic E-state index is 6.14. The highest BCUT2D eigenvalue weighted by Gasteiger charge is 2.07. The van der Waals surface area contributed by atoms with Crippen LogP contribution in [0.3, 0.4) is 0 Å². The minimum Gasteiger partial charge on any atom is -0.497 e. The molecule has 2 nitrogen and oxygen atoms in total. The summed E-state index contributed by atoms with van der Waals surface area (Å²) in [6.45, 7) is 0. The summed E-state index contributed by atoms with van der Waals surface area (Å²) in [7, 11) is 1.67. The Kier molecular flexibility index (Phi) is 2.04. The molecule has 0 bridgehead atoms. The molecule has 0 amide bonds. The van der Waals surface area contributed by atoms with Crippen molar-refractivity contribution in [1.82, 2.24) is 4.98 Å². The zero-order valence-corrected chi connectivity index (χ0v) is 9.51. The first kappa shape index (κ1) is 9.55. The quantitative estimate of drug-likeness (QED) is 0.673. The summed E-state index contributed by atoms with van der Waals surface area (Å²) in [6, 6.07) is 11.9. The average Bonchev–Trinajstić information content (AvgIpc) is 2.68. The topological polar surface area (TPSA) is 25.0 Å². The number of H-pyrrole nitrogens is 1. The Bertz CT molecular complexity index is 672. The predicted octanol–water partition coefficient (Wildman–Crippen LogP) is 3.98. The van der Waals surface area contributed by atoms with E-state index in [0.29, 0.717) is 0 Å². The lowest BCUT2D eigenvalue weighted by Crippen LogP contribution is -1.80. The number of nitrogens with one attached hydrogen (secondary N) is 1. The highest BCUT2D eigenvalue weighted by molar-refractivity contribution is 6.36. The number of aromatic amines is 1. The molecule has 0 atom stereocenters. The SMILES string of the molecule is COc1ccc2[nH]c3c(Cl)cccc3c2c1. The van der Waals surface area contributed by atoms with Crippen molar-refractivity contribution in [1.29, 1.82) is 0 Å². The van der Waals surface area contributed by atoms with E-state index in [1.807, 2.05) is 30.3 Å². The van der Waals surface area contributed by atoms with Gasteiger partial charge in [-0.15, -0.1) is 0 Å². The number of para-hydroxylation sites is 1. The van der Waals surface area contributed by atoms with Gasteiger partial charge in [0.05, 0.1) is 17.6 Å². The van der Waals surface area contributed by atoms with E-state index >= 15 is 0 Å². The van der Waals surface area contributed by atoms with Crippen molar-refractivity contribution in [2.75, 3.05) is 7.11 Å². The molecule has 80 valence electrons. The van der Waals surface area contributed by atoms with Gasteiger partial charge >= 0.3 is 0 Å². The van der Waals surface area contributed by atoms with Crippen molar-refractivity contribution in [3.8, 4) is 5.75 Å².